The fourth-order valence-electron chi connectivity index (χ4n) is 4.46. The van der Waals surface area contributed by atoms with E-state index in [9.17, 15) is 5.11 Å². The number of nitrogens with zero attached hydrogens (tertiary/aromatic N) is 2. The molecule has 156 valence electrons. The van der Waals surface area contributed by atoms with Gasteiger partial charge in [0.15, 0.2) is 0 Å². The van der Waals surface area contributed by atoms with E-state index in [-0.39, 0.29) is 6.10 Å². The maximum absolute atomic E-state index is 10.5. The fourth-order valence-corrected chi connectivity index (χ4v) is 4.46. The van der Waals surface area contributed by atoms with E-state index < -0.39 is 6.10 Å². The first-order chi connectivity index (χ1) is 14.2. The molecule has 2 aromatic carbocycles. The van der Waals surface area contributed by atoms with Crippen molar-refractivity contribution in [2.45, 2.75) is 31.5 Å². The van der Waals surface area contributed by atoms with Gasteiger partial charge in [0.05, 0.1) is 25.9 Å². The molecule has 0 spiro atoms. The highest BCUT2D eigenvalue weighted by atomic mass is 16.5. The molecule has 5 nitrogen and oxygen atoms in total. The van der Waals surface area contributed by atoms with Crippen molar-refractivity contribution in [2.24, 2.45) is 0 Å². The third-order valence-corrected chi connectivity index (χ3v) is 6.06. The molecule has 0 aromatic heterocycles. The Morgan fingerprint density at radius 1 is 1.07 bits per heavy atom. The maximum atomic E-state index is 10.5. The summed E-state index contributed by atoms with van der Waals surface area (Å²) in [5, 5.41) is 10.5. The first-order valence-corrected chi connectivity index (χ1v) is 10.7. The zero-order valence-electron chi connectivity index (χ0n) is 17.3. The molecule has 1 saturated heterocycles. The highest BCUT2D eigenvalue weighted by Crippen LogP contribution is 2.32. The fraction of sp³-hybridized carbons (Fsp3) is 0.500. The number of hydrogen-bond donors (Lipinski definition) is 1. The first kappa shape index (κ1) is 20.2. The van der Waals surface area contributed by atoms with E-state index >= 15 is 0 Å². The summed E-state index contributed by atoms with van der Waals surface area (Å²) in [6.07, 6.45) is 3.01. The van der Waals surface area contributed by atoms with Gasteiger partial charge in [-0.1, -0.05) is 30.3 Å². The number of aliphatic hydroxyl groups is 1. The van der Waals surface area contributed by atoms with Gasteiger partial charge in [0.2, 0.25) is 0 Å². The Bertz CT molecular complexity index is 789. The topological polar surface area (TPSA) is 45.2 Å². The molecule has 1 heterocycles. The molecule has 2 atom stereocenters. The average Bonchev–Trinajstić information content (AvgIpc) is 2.78. The number of methoxy groups -OCH3 is 1. The van der Waals surface area contributed by atoms with Crippen molar-refractivity contribution in [3.8, 4) is 5.75 Å². The second-order valence-electron chi connectivity index (χ2n) is 8.06. The molecule has 0 radical (unpaired) electrons. The summed E-state index contributed by atoms with van der Waals surface area (Å²) in [5.41, 5.74) is 3.90. The van der Waals surface area contributed by atoms with Crippen LogP contribution >= 0.6 is 0 Å². The minimum absolute atomic E-state index is 0.125. The van der Waals surface area contributed by atoms with Gasteiger partial charge in [0, 0.05) is 44.5 Å². The van der Waals surface area contributed by atoms with Crippen LogP contribution in [-0.4, -0.2) is 62.6 Å². The molecule has 0 bridgehead atoms. The molecule has 1 fully saturated rings. The predicted octanol–water partition coefficient (Wildman–Crippen LogP) is 3.27. The van der Waals surface area contributed by atoms with E-state index in [1.54, 1.807) is 7.11 Å². The van der Waals surface area contributed by atoms with Crippen molar-refractivity contribution >= 4 is 5.69 Å². The van der Waals surface area contributed by atoms with Crippen LogP contribution in [0.15, 0.2) is 48.5 Å². The highest BCUT2D eigenvalue weighted by Gasteiger charge is 2.23. The zero-order chi connectivity index (χ0) is 20.1. The van der Waals surface area contributed by atoms with Crippen LogP contribution in [0.4, 0.5) is 5.69 Å². The van der Waals surface area contributed by atoms with Crippen LogP contribution in [0.25, 0.3) is 0 Å². The number of β-amino-alcohol motifs (C(OH)–C–C–N with tert-alkyl or cyclic N) is 1. The highest BCUT2D eigenvalue weighted by molar-refractivity contribution is 5.51. The van der Waals surface area contributed by atoms with Crippen LogP contribution in [0, 0.1) is 0 Å². The number of anilines is 1. The number of piperazine rings is 1. The number of aliphatic hydroxyl groups excluding tert-OH is 1. The Balaban J connectivity index is 1.23. The van der Waals surface area contributed by atoms with E-state index in [2.05, 4.69) is 46.2 Å². The molecule has 0 saturated carbocycles. The summed E-state index contributed by atoms with van der Waals surface area (Å²) >= 11 is 0. The largest absolute Gasteiger partial charge is 0.497 e. The summed E-state index contributed by atoms with van der Waals surface area (Å²) in [4.78, 5) is 4.71. The van der Waals surface area contributed by atoms with E-state index in [1.807, 2.05) is 12.1 Å². The van der Waals surface area contributed by atoms with Crippen LogP contribution in [0.1, 0.15) is 30.1 Å². The van der Waals surface area contributed by atoms with Crippen molar-refractivity contribution in [2.75, 3.05) is 51.3 Å². The number of rotatable bonds is 7. The Morgan fingerprint density at radius 2 is 1.90 bits per heavy atom. The summed E-state index contributed by atoms with van der Waals surface area (Å²) in [7, 11) is 1.70. The third kappa shape index (κ3) is 5.10. The Labute approximate surface area is 173 Å². The van der Waals surface area contributed by atoms with E-state index in [0.29, 0.717) is 13.2 Å². The summed E-state index contributed by atoms with van der Waals surface area (Å²) in [6, 6.07) is 16.8. The molecule has 4 rings (SSSR count). The van der Waals surface area contributed by atoms with Gasteiger partial charge in [-0.05, 0) is 42.5 Å². The van der Waals surface area contributed by atoms with Gasteiger partial charge in [0.25, 0.3) is 0 Å². The zero-order valence-corrected chi connectivity index (χ0v) is 17.3. The molecule has 2 unspecified atom stereocenters. The molecular formula is C24H32N2O3. The first-order valence-electron chi connectivity index (χ1n) is 10.7. The SMILES string of the molecule is COc1cccc(N2CCN(CC(O)COC3CCCc4ccccc43)CC2)c1. The summed E-state index contributed by atoms with van der Waals surface area (Å²) in [6.45, 7) is 4.87. The number of hydrogen-bond acceptors (Lipinski definition) is 5. The molecule has 1 aliphatic carbocycles. The second-order valence-corrected chi connectivity index (χ2v) is 8.06. The van der Waals surface area contributed by atoms with Gasteiger partial charge in [-0.15, -0.1) is 0 Å². The monoisotopic (exact) mass is 396 g/mol. The molecule has 1 N–H and O–H groups in total. The van der Waals surface area contributed by atoms with Crippen LogP contribution in [-0.2, 0) is 11.2 Å². The van der Waals surface area contributed by atoms with Crippen molar-refractivity contribution in [3.63, 3.8) is 0 Å². The van der Waals surface area contributed by atoms with E-state index in [4.69, 9.17) is 9.47 Å². The second kappa shape index (κ2) is 9.61. The molecule has 2 aliphatic rings. The summed E-state index contributed by atoms with van der Waals surface area (Å²) < 4.78 is 11.5. The molecule has 0 amide bonds. The third-order valence-electron chi connectivity index (χ3n) is 6.06. The van der Waals surface area contributed by atoms with Gasteiger partial charge < -0.3 is 19.5 Å². The lowest BCUT2D eigenvalue weighted by Crippen LogP contribution is -2.49. The van der Waals surface area contributed by atoms with Gasteiger partial charge in [-0.25, -0.2) is 0 Å². The lowest BCUT2D eigenvalue weighted by atomic mass is 9.89. The smallest absolute Gasteiger partial charge is 0.120 e. The predicted molar refractivity (Wildman–Crippen MR) is 116 cm³/mol. The number of ether oxygens (including phenoxy) is 2. The van der Waals surface area contributed by atoms with Gasteiger partial charge in [0.1, 0.15) is 5.75 Å². The molecule has 29 heavy (non-hydrogen) atoms. The maximum Gasteiger partial charge on any atom is 0.120 e. The Morgan fingerprint density at radius 3 is 2.72 bits per heavy atom. The molecule has 5 heteroatoms. The Kier molecular flexibility index (Phi) is 6.70. The quantitative estimate of drug-likeness (QED) is 0.778. The minimum Gasteiger partial charge on any atom is -0.497 e. The molecule has 1 aliphatic heterocycles. The molecular weight excluding hydrogens is 364 g/mol. The van der Waals surface area contributed by atoms with Crippen LogP contribution in [0.3, 0.4) is 0 Å². The minimum atomic E-state index is -0.451. The van der Waals surface area contributed by atoms with Gasteiger partial charge in [-0.3, -0.25) is 4.90 Å². The van der Waals surface area contributed by atoms with Crippen LogP contribution < -0.4 is 9.64 Å². The van der Waals surface area contributed by atoms with Crippen molar-refractivity contribution < 1.29 is 14.6 Å². The normalized spacial score (nSPS) is 20.9. The number of aryl methyl sites for hydroxylation is 1. The van der Waals surface area contributed by atoms with Gasteiger partial charge >= 0.3 is 0 Å². The lowest BCUT2D eigenvalue weighted by Gasteiger charge is -2.37. The van der Waals surface area contributed by atoms with E-state index in [1.165, 1.54) is 16.8 Å². The number of benzene rings is 2. The summed E-state index contributed by atoms with van der Waals surface area (Å²) in [5.74, 6) is 0.891. The van der Waals surface area contributed by atoms with E-state index in [0.717, 1.165) is 51.2 Å². The van der Waals surface area contributed by atoms with Crippen molar-refractivity contribution in [1.82, 2.24) is 4.90 Å². The Hall–Kier alpha value is -2.08. The van der Waals surface area contributed by atoms with Crippen molar-refractivity contribution in [1.29, 1.82) is 0 Å². The standard InChI is InChI=1S/C24H32N2O3/c1-28-22-9-5-8-20(16-22)26-14-12-25(13-15-26)17-21(27)18-29-24-11-4-7-19-6-2-3-10-23(19)24/h2-3,5-6,8-10,16,21,24,27H,4,7,11-15,17-18H2,1H3. The van der Waals surface area contributed by atoms with Gasteiger partial charge in [-0.2, -0.15) is 0 Å². The average molecular weight is 397 g/mol. The van der Waals surface area contributed by atoms with Crippen LogP contribution in [0.2, 0.25) is 0 Å². The van der Waals surface area contributed by atoms with Crippen molar-refractivity contribution in [3.05, 3.63) is 59.7 Å². The lowest BCUT2D eigenvalue weighted by molar-refractivity contribution is -0.0285. The number of fused-ring (bicyclic) bond motifs is 1. The van der Waals surface area contributed by atoms with Crippen LogP contribution in [0.5, 0.6) is 5.75 Å². The molecule has 2 aromatic rings.